The number of anilines is 2. The Labute approximate surface area is 147 Å². The molecule has 0 atom stereocenters. The standard InChI is InChI=1S/C15H17N7O2S/c1-9-10-12(16-7-17-13(10)25-11(9)14(23)24)21-3-5-22(6-4-21)15-19-18-8-20(15)2/h7-8H,3-6H2,1-2H3,(H,23,24). The van der Waals surface area contributed by atoms with Gasteiger partial charge in [0.2, 0.25) is 5.95 Å². The number of fused-ring (bicyclic) bond motifs is 1. The molecule has 0 radical (unpaired) electrons. The Bertz CT molecular complexity index is 943. The molecule has 0 aromatic carbocycles. The van der Waals surface area contributed by atoms with Crippen molar-refractivity contribution in [2.24, 2.45) is 7.05 Å². The Hall–Kier alpha value is -2.75. The molecule has 1 N–H and O–H groups in total. The molecule has 25 heavy (non-hydrogen) atoms. The number of nitrogens with zero attached hydrogens (tertiary/aromatic N) is 7. The van der Waals surface area contributed by atoms with Gasteiger partial charge in [-0.25, -0.2) is 14.8 Å². The number of thiophene rings is 1. The zero-order valence-corrected chi connectivity index (χ0v) is 14.7. The predicted octanol–water partition coefficient (Wildman–Crippen LogP) is 1.15. The summed E-state index contributed by atoms with van der Waals surface area (Å²) in [5.41, 5.74) is 0.735. The molecule has 0 bridgehead atoms. The van der Waals surface area contributed by atoms with E-state index in [1.165, 1.54) is 17.7 Å². The zero-order chi connectivity index (χ0) is 17.6. The van der Waals surface area contributed by atoms with Crippen LogP contribution in [-0.4, -0.2) is 62.0 Å². The molecule has 130 valence electrons. The number of piperazine rings is 1. The average molecular weight is 359 g/mol. The van der Waals surface area contributed by atoms with Crippen LogP contribution in [0.5, 0.6) is 0 Å². The third kappa shape index (κ3) is 2.58. The van der Waals surface area contributed by atoms with Gasteiger partial charge in [0.15, 0.2) is 0 Å². The number of hydrogen-bond acceptors (Lipinski definition) is 8. The van der Waals surface area contributed by atoms with Crippen LogP contribution in [0, 0.1) is 6.92 Å². The molecule has 9 nitrogen and oxygen atoms in total. The first-order chi connectivity index (χ1) is 12.1. The second kappa shape index (κ2) is 5.96. The molecule has 3 aromatic heterocycles. The minimum Gasteiger partial charge on any atom is -0.477 e. The van der Waals surface area contributed by atoms with Crippen molar-refractivity contribution in [1.82, 2.24) is 24.7 Å². The topological polar surface area (TPSA) is 100 Å². The van der Waals surface area contributed by atoms with Crippen LogP contribution in [0.1, 0.15) is 15.2 Å². The molecule has 1 saturated heterocycles. The smallest absolute Gasteiger partial charge is 0.346 e. The lowest BCUT2D eigenvalue weighted by Gasteiger charge is -2.35. The Morgan fingerprint density at radius 2 is 1.92 bits per heavy atom. The summed E-state index contributed by atoms with van der Waals surface area (Å²) >= 11 is 1.20. The van der Waals surface area contributed by atoms with Gasteiger partial charge in [0.25, 0.3) is 0 Å². The van der Waals surface area contributed by atoms with Gasteiger partial charge in [-0.2, -0.15) is 0 Å². The van der Waals surface area contributed by atoms with Gasteiger partial charge in [0.1, 0.15) is 28.2 Å². The van der Waals surface area contributed by atoms with E-state index in [0.29, 0.717) is 4.88 Å². The fourth-order valence-corrected chi connectivity index (χ4v) is 4.16. The maximum absolute atomic E-state index is 11.4. The monoisotopic (exact) mass is 359 g/mol. The van der Waals surface area contributed by atoms with E-state index in [2.05, 4.69) is 30.0 Å². The molecular formula is C15H17N7O2S. The molecule has 0 amide bonds. The minimum atomic E-state index is -0.918. The summed E-state index contributed by atoms with van der Waals surface area (Å²) in [6.07, 6.45) is 3.20. The number of aryl methyl sites for hydroxylation is 2. The van der Waals surface area contributed by atoms with Crippen molar-refractivity contribution in [2.75, 3.05) is 36.0 Å². The van der Waals surface area contributed by atoms with Crippen LogP contribution < -0.4 is 9.80 Å². The minimum absolute atomic E-state index is 0.328. The van der Waals surface area contributed by atoms with E-state index in [1.54, 1.807) is 6.33 Å². The van der Waals surface area contributed by atoms with Gasteiger partial charge < -0.3 is 19.5 Å². The molecule has 0 aliphatic carbocycles. The molecule has 0 unspecified atom stereocenters. The molecule has 4 heterocycles. The van der Waals surface area contributed by atoms with Gasteiger partial charge in [-0.15, -0.1) is 21.5 Å². The fraction of sp³-hybridized carbons (Fsp3) is 0.400. The van der Waals surface area contributed by atoms with Crippen molar-refractivity contribution >= 4 is 39.3 Å². The largest absolute Gasteiger partial charge is 0.477 e. The molecule has 4 rings (SSSR count). The quantitative estimate of drug-likeness (QED) is 0.743. The maximum atomic E-state index is 11.4. The van der Waals surface area contributed by atoms with Crippen LogP contribution in [0.3, 0.4) is 0 Å². The van der Waals surface area contributed by atoms with E-state index < -0.39 is 5.97 Å². The van der Waals surface area contributed by atoms with E-state index in [9.17, 15) is 9.90 Å². The van der Waals surface area contributed by atoms with Gasteiger partial charge in [-0.3, -0.25) is 0 Å². The lowest BCUT2D eigenvalue weighted by Crippen LogP contribution is -2.47. The molecule has 10 heteroatoms. The molecule has 1 fully saturated rings. The highest BCUT2D eigenvalue weighted by Crippen LogP contribution is 2.35. The van der Waals surface area contributed by atoms with Crippen LogP contribution in [0.15, 0.2) is 12.7 Å². The highest BCUT2D eigenvalue weighted by atomic mass is 32.1. The number of rotatable bonds is 3. The van der Waals surface area contributed by atoms with E-state index in [-0.39, 0.29) is 0 Å². The maximum Gasteiger partial charge on any atom is 0.346 e. The van der Waals surface area contributed by atoms with Crippen molar-refractivity contribution in [2.45, 2.75) is 6.92 Å². The molecular weight excluding hydrogens is 342 g/mol. The van der Waals surface area contributed by atoms with Gasteiger partial charge in [0.05, 0.1) is 5.39 Å². The normalized spacial score (nSPS) is 15.1. The Balaban J connectivity index is 1.63. The van der Waals surface area contributed by atoms with Crippen LogP contribution in [-0.2, 0) is 7.05 Å². The summed E-state index contributed by atoms with van der Waals surface area (Å²) in [5, 5.41) is 18.3. The van der Waals surface area contributed by atoms with Crippen LogP contribution in [0.4, 0.5) is 11.8 Å². The Morgan fingerprint density at radius 1 is 1.20 bits per heavy atom. The van der Waals surface area contributed by atoms with E-state index in [1.807, 2.05) is 18.5 Å². The van der Waals surface area contributed by atoms with Gasteiger partial charge >= 0.3 is 5.97 Å². The van der Waals surface area contributed by atoms with Crippen molar-refractivity contribution in [3.05, 3.63) is 23.1 Å². The number of hydrogen-bond donors (Lipinski definition) is 1. The lowest BCUT2D eigenvalue weighted by molar-refractivity contribution is 0.0701. The summed E-state index contributed by atoms with van der Waals surface area (Å²) in [6, 6.07) is 0. The molecule has 0 spiro atoms. The number of carboxylic acids is 1. The second-order valence-corrected chi connectivity index (χ2v) is 6.95. The van der Waals surface area contributed by atoms with Crippen molar-refractivity contribution in [1.29, 1.82) is 0 Å². The number of carboxylic acid groups (broad SMARTS) is 1. The first-order valence-electron chi connectivity index (χ1n) is 7.87. The highest BCUT2D eigenvalue weighted by molar-refractivity contribution is 7.20. The molecule has 1 aliphatic heterocycles. The SMILES string of the molecule is Cc1c(C(=O)O)sc2ncnc(N3CCN(c4nncn4C)CC3)c12. The number of carbonyl (C=O) groups is 1. The first kappa shape index (κ1) is 15.8. The summed E-state index contributed by atoms with van der Waals surface area (Å²) in [5.74, 6) is 0.745. The lowest BCUT2D eigenvalue weighted by atomic mass is 10.2. The van der Waals surface area contributed by atoms with Crippen LogP contribution >= 0.6 is 11.3 Å². The number of aromatic carboxylic acids is 1. The summed E-state index contributed by atoms with van der Waals surface area (Å²) in [6.45, 7) is 4.97. The van der Waals surface area contributed by atoms with Crippen molar-refractivity contribution in [3.8, 4) is 0 Å². The van der Waals surface area contributed by atoms with Crippen molar-refractivity contribution < 1.29 is 9.90 Å². The van der Waals surface area contributed by atoms with Crippen LogP contribution in [0.25, 0.3) is 10.2 Å². The summed E-state index contributed by atoms with van der Waals surface area (Å²) in [4.78, 5) is 25.5. The van der Waals surface area contributed by atoms with Crippen molar-refractivity contribution in [3.63, 3.8) is 0 Å². The van der Waals surface area contributed by atoms with E-state index in [4.69, 9.17) is 0 Å². The second-order valence-electron chi connectivity index (χ2n) is 5.95. The fourth-order valence-electron chi connectivity index (χ4n) is 3.18. The first-order valence-corrected chi connectivity index (χ1v) is 8.69. The van der Waals surface area contributed by atoms with E-state index in [0.717, 1.165) is 53.7 Å². The number of aromatic nitrogens is 5. The third-order valence-electron chi connectivity index (χ3n) is 4.45. The molecule has 0 saturated carbocycles. The van der Waals surface area contributed by atoms with Gasteiger partial charge in [-0.1, -0.05) is 0 Å². The zero-order valence-electron chi connectivity index (χ0n) is 13.9. The van der Waals surface area contributed by atoms with Crippen LogP contribution in [0.2, 0.25) is 0 Å². The molecule has 3 aromatic rings. The van der Waals surface area contributed by atoms with E-state index >= 15 is 0 Å². The van der Waals surface area contributed by atoms with Gasteiger partial charge in [0, 0.05) is 33.2 Å². The summed E-state index contributed by atoms with van der Waals surface area (Å²) in [7, 11) is 1.93. The molecule has 1 aliphatic rings. The average Bonchev–Trinajstić information content (AvgIpc) is 3.19. The van der Waals surface area contributed by atoms with Gasteiger partial charge in [-0.05, 0) is 12.5 Å². The summed E-state index contributed by atoms with van der Waals surface area (Å²) < 4.78 is 1.90. The highest BCUT2D eigenvalue weighted by Gasteiger charge is 2.25. The third-order valence-corrected chi connectivity index (χ3v) is 5.64. The predicted molar refractivity (Wildman–Crippen MR) is 94.5 cm³/mol. The Kier molecular flexibility index (Phi) is 3.75. The Morgan fingerprint density at radius 3 is 2.56 bits per heavy atom.